The molecule has 12 heavy (non-hydrogen) atoms. The predicted octanol–water partition coefficient (Wildman–Crippen LogP) is 1.85. The highest BCUT2D eigenvalue weighted by Crippen LogP contribution is 1.97. The molecule has 0 fully saturated rings. The number of nitrogens with two attached hydrogens (primary N) is 1. The summed E-state index contributed by atoms with van der Waals surface area (Å²) in [6, 6.07) is 0. The van der Waals surface area contributed by atoms with Crippen molar-refractivity contribution in [3.63, 3.8) is 0 Å². The zero-order chi connectivity index (χ0) is 9.23. The van der Waals surface area contributed by atoms with E-state index in [1.807, 2.05) is 0 Å². The van der Waals surface area contributed by atoms with Crippen molar-refractivity contribution in [2.45, 2.75) is 39.0 Å². The number of hydrogen-bond donors (Lipinski definition) is 1. The summed E-state index contributed by atoms with van der Waals surface area (Å²) in [6.07, 6.45) is 6.44. The van der Waals surface area contributed by atoms with Gasteiger partial charge in [-0.25, -0.2) is 0 Å². The predicted molar refractivity (Wildman–Crippen MR) is 55.3 cm³/mol. The van der Waals surface area contributed by atoms with Gasteiger partial charge in [-0.05, 0) is 45.9 Å². The third kappa shape index (κ3) is 8.02. The van der Waals surface area contributed by atoms with E-state index in [9.17, 15) is 0 Å². The minimum absolute atomic E-state index is 0.836. The van der Waals surface area contributed by atoms with Crippen molar-refractivity contribution >= 4 is 0 Å². The van der Waals surface area contributed by atoms with Crippen molar-refractivity contribution in [2.75, 3.05) is 26.7 Å². The molecule has 0 aliphatic rings. The Morgan fingerprint density at radius 1 is 1.00 bits per heavy atom. The van der Waals surface area contributed by atoms with Crippen LogP contribution in [-0.2, 0) is 0 Å². The molecule has 0 atom stereocenters. The Labute approximate surface area is 77.1 Å². The Morgan fingerprint density at radius 2 is 1.58 bits per heavy atom. The van der Waals surface area contributed by atoms with Gasteiger partial charge in [0.25, 0.3) is 0 Å². The second-order valence-electron chi connectivity index (χ2n) is 3.51. The van der Waals surface area contributed by atoms with Crippen molar-refractivity contribution in [2.24, 2.45) is 5.73 Å². The lowest BCUT2D eigenvalue weighted by atomic mass is 10.2. The Bertz CT molecular complexity index is 73.9. The second-order valence-corrected chi connectivity index (χ2v) is 3.51. The molecular formula is C10H24N2. The van der Waals surface area contributed by atoms with E-state index in [2.05, 4.69) is 18.9 Å². The largest absolute Gasteiger partial charge is 0.330 e. The van der Waals surface area contributed by atoms with E-state index < -0.39 is 0 Å². The van der Waals surface area contributed by atoms with Crippen LogP contribution in [0.1, 0.15) is 39.0 Å². The van der Waals surface area contributed by atoms with Crippen molar-refractivity contribution in [1.29, 1.82) is 0 Å². The van der Waals surface area contributed by atoms with Gasteiger partial charge in [-0.3, -0.25) is 0 Å². The zero-order valence-electron chi connectivity index (χ0n) is 8.68. The van der Waals surface area contributed by atoms with Crippen LogP contribution in [0.5, 0.6) is 0 Å². The highest BCUT2D eigenvalue weighted by atomic mass is 15.1. The molecule has 2 heteroatoms. The van der Waals surface area contributed by atoms with Gasteiger partial charge in [-0.15, -0.1) is 0 Å². The standard InChI is InChI=1S/C10H24N2/c1-3-4-6-9-12(2)10-7-5-8-11/h3-11H2,1-2H3. The maximum atomic E-state index is 5.42. The summed E-state index contributed by atoms with van der Waals surface area (Å²) in [5.74, 6) is 0. The van der Waals surface area contributed by atoms with Gasteiger partial charge in [0.1, 0.15) is 0 Å². The Kier molecular flexibility index (Phi) is 8.95. The summed E-state index contributed by atoms with van der Waals surface area (Å²) < 4.78 is 0. The molecule has 2 N–H and O–H groups in total. The number of unbranched alkanes of at least 4 members (excludes halogenated alkanes) is 3. The number of hydrogen-bond acceptors (Lipinski definition) is 2. The summed E-state index contributed by atoms with van der Waals surface area (Å²) in [7, 11) is 2.20. The molecule has 0 aliphatic carbocycles. The van der Waals surface area contributed by atoms with E-state index in [-0.39, 0.29) is 0 Å². The maximum Gasteiger partial charge on any atom is -0.00213 e. The molecule has 0 aromatic heterocycles. The molecule has 0 aromatic carbocycles. The van der Waals surface area contributed by atoms with Crippen LogP contribution in [0.25, 0.3) is 0 Å². The Morgan fingerprint density at radius 3 is 2.08 bits per heavy atom. The molecule has 0 unspecified atom stereocenters. The van der Waals surface area contributed by atoms with Gasteiger partial charge in [0.05, 0.1) is 0 Å². The van der Waals surface area contributed by atoms with Gasteiger partial charge in [-0.1, -0.05) is 19.8 Å². The second kappa shape index (κ2) is 9.01. The van der Waals surface area contributed by atoms with Crippen molar-refractivity contribution in [3.8, 4) is 0 Å². The van der Waals surface area contributed by atoms with Crippen LogP contribution in [0.3, 0.4) is 0 Å². The van der Waals surface area contributed by atoms with Crippen LogP contribution < -0.4 is 5.73 Å². The summed E-state index contributed by atoms with van der Waals surface area (Å²) in [5, 5.41) is 0. The molecule has 0 aliphatic heterocycles. The van der Waals surface area contributed by atoms with Gasteiger partial charge in [-0.2, -0.15) is 0 Å². The van der Waals surface area contributed by atoms with Crippen LogP contribution in [0.2, 0.25) is 0 Å². The van der Waals surface area contributed by atoms with Gasteiger partial charge in [0.2, 0.25) is 0 Å². The van der Waals surface area contributed by atoms with Gasteiger partial charge >= 0.3 is 0 Å². The van der Waals surface area contributed by atoms with Crippen LogP contribution >= 0.6 is 0 Å². The summed E-state index contributed by atoms with van der Waals surface area (Å²) in [6.45, 7) is 5.54. The Balaban J connectivity index is 3.04. The highest BCUT2D eigenvalue weighted by molar-refractivity contribution is 4.52. The molecule has 0 spiro atoms. The minimum atomic E-state index is 0.836. The molecule has 2 nitrogen and oxygen atoms in total. The fourth-order valence-electron chi connectivity index (χ4n) is 1.27. The van der Waals surface area contributed by atoms with Crippen LogP contribution in [0.4, 0.5) is 0 Å². The molecule has 0 saturated heterocycles. The molecule has 74 valence electrons. The molecule has 0 saturated carbocycles. The topological polar surface area (TPSA) is 29.3 Å². The summed E-state index contributed by atoms with van der Waals surface area (Å²) >= 11 is 0. The van der Waals surface area contributed by atoms with Crippen molar-refractivity contribution in [1.82, 2.24) is 4.90 Å². The third-order valence-electron chi connectivity index (χ3n) is 2.14. The van der Waals surface area contributed by atoms with E-state index in [1.165, 1.54) is 38.8 Å². The molecule has 0 rings (SSSR count). The lowest BCUT2D eigenvalue weighted by molar-refractivity contribution is 0.318. The normalized spacial score (nSPS) is 11.0. The molecule has 0 bridgehead atoms. The molecular weight excluding hydrogens is 148 g/mol. The quantitative estimate of drug-likeness (QED) is 0.566. The van der Waals surface area contributed by atoms with E-state index in [0.717, 1.165) is 13.0 Å². The Hall–Kier alpha value is -0.0800. The first-order valence-corrected chi connectivity index (χ1v) is 5.20. The lowest BCUT2D eigenvalue weighted by Gasteiger charge is -2.15. The molecule has 0 aromatic rings. The summed E-state index contributed by atoms with van der Waals surface area (Å²) in [4.78, 5) is 2.41. The SMILES string of the molecule is CCCCCN(C)CCCCN. The molecule has 0 heterocycles. The van der Waals surface area contributed by atoms with Gasteiger partial charge < -0.3 is 10.6 Å². The first kappa shape index (κ1) is 11.9. The first-order chi connectivity index (χ1) is 5.81. The first-order valence-electron chi connectivity index (χ1n) is 5.20. The van der Waals surface area contributed by atoms with Crippen LogP contribution in [-0.4, -0.2) is 31.6 Å². The van der Waals surface area contributed by atoms with Crippen LogP contribution in [0.15, 0.2) is 0 Å². The lowest BCUT2D eigenvalue weighted by Crippen LogP contribution is -2.21. The molecule has 0 radical (unpaired) electrons. The van der Waals surface area contributed by atoms with E-state index in [0.29, 0.717) is 0 Å². The third-order valence-corrected chi connectivity index (χ3v) is 2.14. The van der Waals surface area contributed by atoms with Gasteiger partial charge in [0.15, 0.2) is 0 Å². The zero-order valence-corrected chi connectivity index (χ0v) is 8.68. The highest BCUT2D eigenvalue weighted by Gasteiger charge is 1.96. The summed E-state index contributed by atoms with van der Waals surface area (Å²) in [5.41, 5.74) is 5.42. The average molecular weight is 172 g/mol. The monoisotopic (exact) mass is 172 g/mol. The van der Waals surface area contributed by atoms with Crippen LogP contribution in [0, 0.1) is 0 Å². The van der Waals surface area contributed by atoms with Gasteiger partial charge in [0, 0.05) is 0 Å². The van der Waals surface area contributed by atoms with E-state index >= 15 is 0 Å². The number of rotatable bonds is 8. The van der Waals surface area contributed by atoms with Crippen molar-refractivity contribution in [3.05, 3.63) is 0 Å². The number of nitrogens with zero attached hydrogens (tertiary/aromatic N) is 1. The minimum Gasteiger partial charge on any atom is -0.330 e. The average Bonchev–Trinajstić information content (AvgIpc) is 2.06. The molecule has 0 amide bonds. The van der Waals surface area contributed by atoms with E-state index in [4.69, 9.17) is 5.73 Å². The fourth-order valence-corrected chi connectivity index (χ4v) is 1.27. The maximum absolute atomic E-state index is 5.42. The smallest absolute Gasteiger partial charge is 0.00213 e. The van der Waals surface area contributed by atoms with E-state index in [1.54, 1.807) is 0 Å². The fraction of sp³-hybridized carbons (Fsp3) is 1.00. The van der Waals surface area contributed by atoms with Crippen molar-refractivity contribution < 1.29 is 0 Å².